The predicted octanol–water partition coefficient (Wildman–Crippen LogP) is 2.09. The number of rotatable bonds is 6. The number of halogens is 1. The van der Waals surface area contributed by atoms with E-state index in [1.165, 1.54) is 29.2 Å². The van der Waals surface area contributed by atoms with Gasteiger partial charge in [0.2, 0.25) is 0 Å². The molecule has 0 fully saturated rings. The van der Waals surface area contributed by atoms with E-state index in [0.29, 0.717) is 30.1 Å². The van der Waals surface area contributed by atoms with E-state index in [0.717, 1.165) is 4.47 Å². The number of hydrogen-bond donors (Lipinski definition) is 1. The molecule has 0 unspecified atom stereocenters. The molecule has 0 bridgehead atoms. The third kappa shape index (κ3) is 4.06. The summed E-state index contributed by atoms with van der Waals surface area (Å²) in [5.41, 5.74) is 1.41. The standard InChI is InChI=1S/C17H16BrN5O3/c1-26-7-6-22-9-12(2-5-16(22)24)17(25)21-14-8-13(18)3-4-15(14)23-11-19-10-20-23/h2-5,8-11H,6-7H2,1H3,(H,21,25). The van der Waals surface area contributed by atoms with Gasteiger partial charge in [-0.25, -0.2) is 9.67 Å². The second-order valence-corrected chi connectivity index (χ2v) is 6.31. The Morgan fingerprint density at radius 3 is 2.88 bits per heavy atom. The van der Waals surface area contributed by atoms with Gasteiger partial charge in [-0.15, -0.1) is 0 Å². The van der Waals surface area contributed by atoms with Gasteiger partial charge in [0, 0.05) is 30.4 Å². The fourth-order valence-corrected chi connectivity index (χ4v) is 2.73. The summed E-state index contributed by atoms with van der Waals surface area (Å²) in [6.45, 7) is 0.755. The van der Waals surface area contributed by atoms with Crippen molar-refractivity contribution in [1.82, 2.24) is 19.3 Å². The van der Waals surface area contributed by atoms with E-state index in [2.05, 4.69) is 31.3 Å². The highest BCUT2D eigenvalue weighted by Crippen LogP contribution is 2.24. The zero-order valence-corrected chi connectivity index (χ0v) is 15.5. The molecule has 0 radical (unpaired) electrons. The molecular weight excluding hydrogens is 402 g/mol. The summed E-state index contributed by atoms with van der Waals surface area (Å²) in [7, 11) is 1.56. The van der Waals surface area contributed by atoms with Gasteiger partial charge in [0.05, 0.1) is 23.5 Å². The Kier molecular flexibility index (Phi) is 5.59. The van der Waals surface area contributed by atoms with Crippen molar-refractivity contribution in [2.24, 2.45) is 0 Å². The molecule has 3 aromatic rings. The molecule has 0 saturated heterocycles. The van der Waals surface area contributed by atoms with Crippen LogP contribution in [0.4, 0.5) is 5.69 Å². The van der Waals surface area contributed by atoms with Crippen molar-refractivity contribution in [3.8, 4) is 5.69 Å². The fourth-order valence-electron chi connectivity index (χ4n) is 2.37. The minimum absolute atomic E-state index is 0.190. The van der Waals surface area contributed by atoms with Crippen LogP contribution in [0, 0.1) is 0 Å². The summed E-state index contributed by atoms with van der Waals surface area (Å²) in [6, 6.07) is 8.29. The van der Waals surface area contributed by atoms with E-state index in [-0.39, 0.29) is 11.5 Å². The SMILES string of the molecule is COCCn1cc(C(=O)Nc2cc(Br)ccc2-n2cncn2)ccc1=O. The molecule has 1 N–H and O–H groups in total. The molecule has 0 saturated carbocycles. The highest BCUT2D eigenvalue weighted by molar-refractivity contribution is 9.10. The molecular formula is C17H16BrN5O3. The van der Waals surface area contributed by atoms with Crippen LogP contribution >= 0.6 is 15.9 Å². The van der Waals surface area contributed by atoms with Crippen LogP contribution in [0.2, 0.25) is 0 Å². The lowest BCUT2D eigenvalue weighted by Crippen LogP contribution is -2.24. The molecule has 3 rings (SSSR count). The van der Waals surface area contributed by atoms with Crippen molar-refractivity contribution in [2.45, 2.75) is 6.54 Å². The van der Waals surface area contributed by atoms with Gasteiger partial charge in [-0.3, -0.25) is 9.59 Å². The van der Waals surface area contributed by atoms with Gasteiger partial charge in [-0.05, 0) is 24.3 Å². The first-order chi connectivity index (χ1) is 12.6. The van der Waals surface area contributed by atoms with Crippen molar-refractivity contribution in [1.29, 1.82) is 0 Å². The minimum Gasteiger partial charge on any atom is -0.383 e. The summed E-state index contributed by atoms with van der Waals surface area (Å²) in [5.74, 6) is -0.337. The Balaban J connectivity index is 1.89. The minimum atomic E-state index is -0.337. The third-order valence-electron chi connectivity index (χ3n) is 3.65. The highest BCUT2D eigenvalue weighted by Gasteiger charge is 2.13. The summed E-state index contributed by atoms with van der Waals surface area (Å²) in [6.07, 6.45) is 4.48. The predicted molar refractivity (Wildman–Crippen MR) is 99.6 cm³/mol. The molecule has 0 aliphatic heterocycles. The topological polar surface area (TPSA) is 91.0 Å². The van der Waals surface area contributed by atoms with Crippen LogP contribution in [-0.2, 0) is 11.3 Å². The average Bonchev–Trinajstić information content (AvgIpc) is 3.15. The maximum atomic E-state index is 12.7. The van der Waals surface area contributed by atoms with Crippen molar-refractivity contribution in [3.05, 3.63) is 69.6 Å². The molecule has 1 amide bonds. The van der Waals surface area contributed by atoms with E-state index in [9.17, 15) is 9.59 Å². The van der Waals surface area contributed by atoms with Crippen molar-refractivity contribution >= 4 is 27.5 Å². The third-order valence-corrected chi connectivity index (χ3v) is 4.15. The molecule has 0 atom stereocenters. The number of methoxy groups -OCH3 is 1. The summed E-state index contributed by atoms with van der Waals surface area (Å²) in [5, 5.41) is 6.95. The zero-order valence-electron chi connectivity index (χ0n) is 13.9. The molecule has 2 aromatic heterocycles. The number of carbonyl (C=O) groups is 1. The Bertz CT molecular complexity index is 969. The van der Waals surface area contributed by atoms with Crippen LogP contribution in [-0.4, -0.2) is 39.0 Å². The molecule has 0 spiro atoms. The van der Waals surface area contributed by atoms with Gasteiger partial charge in [-0.1, -0.05) is 15.9 Å². The molecule has 134 valence electrons. The Morgan fingerprint density at radius 2 is 2.15 bits per heavy atom. The number of aromatic nitrogens is 4. The number of benzene rings is 1. The van der Waals surface area contributed by atoms with Crippen LogP contribution in [0.15, 0.2) is 58.5 Å². The van der Waals surface area contributed by atoms with Crippen LogP contribution in [0.5, 0.6) is 0 Å². The van der Waals surface area contributed by atoms with Crippen LogP contribution < -0.4 is 10.9 Å². The van der Waals surface area contributed by atoms with E-state index in [1.807, 2.05) is 12.1 Å². The number of pyridine rings is 1. The van der Waals surface area contributed by atoms with Crippen LogP contribution in [0.1, 0.15) is 10.4 Å². The molecule has 9 heteroatoms. The van der Waals surface area contributed by atoms with Gasteiger partial charge in [0.25, 0.3) is 11.5 Å². The largest absolute Gasteiger partial charge is 0.383 e. The van der Waals surface area contributed by atoms with E-state index in [4.69, 9.17) is 4.74 Å². The second-order valence-electron chi connectivity index (χ2n) is 5.40. The van der Waals surface area contributed by atoms with Crippen LogP contribution in [0.3, 0.4) is 0 Å². The van der Waals surface area contributed by atoms with E-state index in [1.54, 1.807) is 24.2 Å². The Hall–Kier alpha value is -2.78. The quantitative estimate of drug-likeness (QED) is 0.662. The number of ether oxygens (including phenoxy) is 1. The second kappa shape index (κ2) is 8.07. The monoisotopic (exact) mass is 417 g/mol. The van der Waals surface area contributed by atoms with Gasteiger partial charge in [-0.2, -0.15) is 5.10 Å². The van der Waals surface area contributed by atoms with E-state index >= 15 is 0 Å². The lowest BCUT2D eigenvalue weighted by molar-refractivity contribution is 0.102. The maximum Gasteiger partial charge on any atom is 0.257 e. The summed E-state index contributed by atoms with van der Waals surface area (Å²) >= 11 is 3.40. The first kappa shape index (κ1) is 18.0. The average molecular weight is 418 g/mol. The Labute approximate surface area is 157 Å². The number of anilines is 1. The molecule has 0 aliphatic rings. The van der Waals surface area contributed by atoms with Crippen molar-refractivity contribution < 1.29 is 9.53 Å². The van der Waals surface area contributed by atoms with Crippen molar-refractivity contribution in [3.63, 3.8) is 0 Å². The molecule has 0 aliphatic carbocycles. The van der Waals surface area contributed by atoms with E-state index < -0.39 is 0 Å². The first-order valence-corrected chi connectivity index (χ1v) is 8.53. The number of amides is 1. The molecule has 2 heterocycles. The highest BCUT2D eigenvalue weighted by atomic mass is 79.9. The van der Waals surface area contributed by atoms with Gasteiger partial charge >= 0.3 is 0 Å². The normalized spacial score (nSPS) is 10.7. The summed E-state index contributed by atoms with van der Waals surface area (Å²) < 4.78 is 8.79. The Morgan fingerprint density at radius 1 is 1.31 bits per heavy atom. The van der Waals surface area contributed by atoms with Gasteiger partial charge < -0.3 is 14.6 Å². The molecule has 8 nitrogen and oxygen atoms in total. The molecule has 1 aromatic carbocycles. The lowest BCUT2D eigenvalue weighted by Gasteiger charge is -2.12. The first-order valence-electron chi connectivity index (χ1n) is 7.74. The van der Waals surface area contributed by atoms with Gasteiger partial charge in [0.1, 0.15) is 12.7 Å². The lowest BCUT2D eigenvalue weighted by atomic mass is 10.2. The number of nitrogens with one attached hydrogen (secondary N) is 1. The van der Waals surface area contributed by atoms with Gasteiger partial charge in [0.15, 0.2) is 0 Å². The fraction of sp³-hybridized carbons (Fsp3) is 0.176. The number of hydrogen-bond acceptors (Lipinski definition) is 5. The smallest absolute Gasteiger partial charge is 0.257 e. The number of nitrogens with zero attached hydrogens (tertiary/aromatic N) is 4. The maximum absolute atomic E-state index is 12.7. The van der Waals surface area contributed by atoms with Crippen molar-refractivity contribution in [2.75, 3.05) is 19.0 Å². The zero-order chi connectivity index (χ0) is 18.5. The molecule has 26 heavy (non-hydrogen) atoms. The number of carbonyl (C=O) groups excluding carboxylic acids is 1. The van der Waals surface area contributed by atoms with Crippen LogP contribution in [0.25, 0.3) is 5.69 Å². The summed E-state index contributed by atoms with van der Waals surface area (Å²) in [4.78, 5) is 28.5.